The SMILES string of the molecule is CCCC/C=C\C=C\[C@H]1O[C@@H]1CCCCC. The maximum Gasteiger partial charge on any atom is 0.103 e. The molecule has 0 bridgehead atoms. The molecule has 0 radical (unpaired) electrons. The Kier molecular flexibility index (Phi) is 7.24. The first-order chi connectivity index (χ1) is 7.88. The van der Waals surface area contributed by atoms with Crippen LogP contribution in [0.2, 0.25) is 0 Å². The molecule has 1 saturated heterocycles. The van der Waals surface area contributed by atoms with Gasteiger partial charge < -0.3 is 4.74 Å². The number of rotatable bonds is 9. The van der Waals surface area contributed by atoms with E-state index in [1.807, 2.05) is 0 Å². The van der Waals surface area contributed by atoms with Gasteiger partial charge in [0, 0.05) is 0 Å². The average molecular weight is 222 g/mol. The molecule has 0 unspecified atom stereocenters. The van der Waals surface area contributed by atoms with Gasteiger partial charge in [0.25, 0.3) is 0 Å². The van der Waals surface area contributed by atoms with Crippen molar-refractivity contribution in [3.63, 3.8) is 0 Å². The molecule has 0 aromatic heterocycles. The fourth-order valence-electron chi connectivity index (χ4n) is 1.82. The molecule has 0 spiro atoms. The van der Waals surface area contributed by atoms with E-state index in [-0.39, 0.29) is 0 Å². The molecule has 1 nitrogen and oxygen atoms in total. The van der Waals surface area contributed by atoms with Gasteiger partial charge in [-0.15, -0.1) is 0 Å². The van der Waals surface area contributed by atoms with Crippen LogP contribution < -0.4 is 0 Å². The van der Waals surface area contributed by atoms with Crippen molar-refractivity contribution >= 4 is 0 Å². The summed E-state index contributed by atoms with van der Waals surface area (Å²) in [6, 6.07) is 0. The number of hydrogen-bond acceptors (Lipinski definition) is 1. The Morgan fingerprint density at radius 1 is 1.00 bits per heavy atom. The summed E-state index contributed by atoms with van der Waals surface area (Å²) in [4.78, 5) is 0. The van der Waals surface area contributed by atoms with Crippen LogP contribution in [-0.4, -0.2) is 12.2 Å². The molecule has 0 aliphatic carbocycles. The Morgan fingerprint density at radius 2 is 1.81 bits per heavy atom. The normalized spacial score (nSPS) is 24.6. The second-order valence-corrected chi connectivity index (χ2v) is 4.59. The zero-order chi connectivity index (χ0) is 11.6. The van der Waals surface area contributed by atoms with Crippen molar-refractivity contribution < 1.29 is 4.74 Å². The summed E-state index contributed by atoms with van der Waals surface area (Å²) >= 11 is 0. The van der Waals surface area contributed by atoms with E-state index in [1.165, 1.54) is 44.9 Å². The molecule has 0 aromatic carbocycles. The molecule has 1 heterocycles. The third kappa shape index (κ3) is 6.12. The zero-order valence-electron chi connectivity index (χ0n) is 10.8. The van der Waals surface area contributed by atoms with E-state index in [0.717, 1.165) is 0 Å². The van der Waals surface area contributed by atoms with Gasteiger partial charge in [0.1, 0.15) is 6.10 Å². The summed E-state index contributed by atoms with van der Waals surface area (Å²) in [7, 11) is 0. The Morgan fingerprint density at radius 3 is 2.56 bits per heavy atom. The molecule has 0 saturated carbocycles. The fraction of sp³-hybridized carbons (Fsp3) is 0.733. The topological polar surface area (TPSA) is 12.5 Å². The predicted octanol–water partition coefficient (Wildman–Crippen LogP) is 4.64. The third-order valence-corrected chi connectivity index (χ3v) is 2.99. The summed E-state index contributed by atoms with van der Waals surface area (Å²) in [6.07, 6.45) is 18.6. The molecule has 1 aliphatic rings. The predicted molar refractivity (Wildman–Crippen MR) is 70.6 cm³/mol. The number of unbranched alkanes of at least 4 members (excludes halogenated alkanes) is 4. The fourth-order valence-corrected chi connectivity index (χ4v) is 1.82. The van der Waals surface area contributed by atoms with Crippen molar-refractivity contribution in [2.24, 2.45) is 0 Å². The lowest BCUT2D eigenvalue weighted by Gasteiger charge is -1.92. The smallest absolute Gasteiger partial charge is 0.103 e. The third-order valence-electron chi connectivity index (χ3n) is 2.99. The summed E-state index contributed by atoms with van der Waals surface area (Å²) in [6.45, 7) is 4.47. The molecule has 1 heteroatoms. The van der Waals surface area contributed by atoms with E-state index in [4.69, 9.17) is 4.74 Å². The van der Waals surface area contributed by atoms with Gasteiger partial charge in [-0.3, -0.25) is 0 Å². The van der Waals surface area contributed by atoms with Crippen LogP contribution in [0.15, 0.2) is 24.3 Å². The van der Waals surface area contributed by atoms with Gasteiger partial charge in [0.2, 0.25) is 0 Å². The van der Waals surface area contributed by atoms with Crippen LogP contribution in [0.1, 0.15) is 58.8 Å². The highest BCUT2D eigenvalue weighted by Crippen LogP contribution is 2.28. The Balaban J connectivity index is 1.98. The van der Waals surface area contributed by atoms with Crippen molar-refractivity contribution in [2.75, 3.05) is 0 Å². The number of ether oxygens (including phenoxy) is 1. The Bertz CT molecular complexity index is 217. The monoisotopic (exact) mass is 222 g/mol. The van der Waals surface area contributed by atoms with Crippen LogP contribution in [0.5, 0.6) is 0 Å². The number of epoxide rings is 1. The summed E-state index contributed by atoms with van der Waals surface area (Å²) in [5.41, 5.74) is 0. The molecular formula is C15H26O. The van der Waals surface area contributed by atoms with Gasteiger partial charge >= 0.3 is 0 Å². The van der Waals surface area contributed by atoms with Gasteiger partial charge in [-0.25, -0.2) is 0 Å². The van der Waals surface area contributed by atoms with Crippen LogP contribution >= 0.6 is 0 Å². The maximum absolute atomic E-state index is 5.57. The summed E-state index contributed by atoms with van der Waals surface area (Å²) in [5.74, 6) is 0. The van der Waals surface area contributed by atoms with Gasteiger partial charge in [-0.1, -0.05) is 70.3 Å². The van der Waals surface area contributed by atoms with Crippen molar-refractivity contribution in [1.29, 1.82) is 0 Å². The summed E-state index contributed by atoms with van der Waals surface area (Å²) in [5, 5.41) is 0. The highest BCUT2D eigenvalue weighted by Gasteiger charge is 2.35. The first kappa shape index (κ1) is 13.5. The minimum Gasteiger partial charge on any atom is -0.365 e. The van der Waals surface area contributed by atoms with Crippen molar-refractivity contribution in [3.05, 3.63) is 24.3 Å². The Hall–Kier alpha value is -0.560. The van der Waals surface area contributed by atoms with E-state index in [9.17, 15) is 0 Å². The lowest BCUT2D eigenvalue weighted by molar-refractivity contribution is 0.373. The number of hydrogen-bond donors (Lipinski definition) is 0. The minimum atomic E-state index is 0.410. The van der Waals surface area contributed by atoms with Crippen LogP contribution in [-0.2, 0) is 4.74 Å². The van der Waals surface area contributed by atoms with Crippen LogP contribution in [0.4, 0.5) is 0 Å². The molecule has 2 atom stereocenters. The summed E-state index contributed by atoms with van der Waals surface area (Å²) < 4.78 is 5.57. The van der Waals surface area contributed by atoms with E-state index in [1.54, 1.807) is 0 Å². The lowest BCUT2D eigenvalue weighted by Crippen LogP contribution is -1.90. The highest BCUT2D eigenvalue weighted by molar-refractivity contribution is 5.10. The first-order valence-corrected chi connectivity index (χ1v) is 6.87. The van der Waals surface area contributed by atoms with E-state index in [2.05, 4.69) is 38.2 Å². The maximum atomic E-state index is 5.57. The van der Waals surface area contributed by atoms with Gasteiger partial charge in [0.15, 0.2) is 0 Å². The van der Waals surface area contributed by atoms with E-state index in [0.29, 0.717) is 12.2 Å². The second kappa shape index (κ2) is 8.58. The van der Waals surface area contributed by atoms with Crippen molar-refractivity contribution in [3.8, 4) is 0 Å². The molecule has 0 N–H and O–H groups in total. The van der Waals surface area contributed by atoms with Gasteiger partial charge in [-0.2, -0.15) is 0 Å². The second-order valence-electron chi connectivity index (χ2n) is 4.59. The Labute approximate surface area is 101 Å². The van der Waals surface area contributed by atoms with Crippen LogP contribution in [0, 0.1) is 0 Å². The minimum absolute atomic E-state index is 0.410. The number of allylic oxidation sites excluding steroid dienone is 3. The molecule has 16 heavy (non-hydrogen) atoms. The largest absolute Gasteiger partial charge is 0.365 e. The molecule has 0 amide bonds. The standard InChI is InChI=1S/C15H26O/c1-3-5-7-8-9-11-13-15-14(16-15)12-10-6-4-2/h8-9,11,13-15H,3-7,10,12H2,1-2H3/b9-8-,13-11+/t14-,15-/m1/s1. The lowest BCUT2D eigenvalue weighted by atomic mass is 10.1. The van der Waals surface area contributed by atoms with E-state index < -0.39 is 0 Å². The molecule has 1 aliphatic heterocycles. The van der Waals surface area contributed by atoms with Crippen molar-refractivity contribution in [1.82, 2.24) is 0 Å². The average Bonchev–Trinajstić information content (AvgIpc) is 3.03. The van der Waals surface area contributed by atoms with Crippen molar-refractivity contribution in [2.45, 2.75) is 71.0 Å². The molecule has 1 rings (SSSR count). The first-order valence-electron chi connectivity index (χ1n) is 6.87. The highest BCUT2D eigenvalue weighted by atomic mass is 16.6. The molecule has 92 valence electrons. The molecule has 1 fully saturated rings. The molecular weight excluding hydrogens is 196 g/mol. The molecule has 0 aromatic rings. The quantitative estimate of drug-likeness (QED) is 0.314. The van der Waals surface area contributed by atoms with Gasteiger partial charge in [-0.05, 0) is 12.8 Å². The zero-order valence-corrected chi connectivity index (χ0v) is 10.8. The van der Waals surface area contributed by atoms with Gasteiger partial charge in [0.05, 0.1) is 6.10 Å². The van der Waals surface area contributed by atoms with Crippen LogP contribution in [0.3, 0.4) is 0 Å². The van der Waals surface area contributed by atoms with Crippen LogP contribution in [0.25, 0.3) is 0 Å². The van der Waals surface area contributed by atoms with E-state index >= 15 is 0 Å².